The zero-order valence-electron chi connectivity index (χ0n) is 13.9. The predicted molar refractivity (Wildman–Crippen MR) is 92.2 cm³/mol. The molecular formula is C18H20N2O4. The molecule has 2 aromatic carbocycles. The van der Waals surface area contributed by atoms with Crippen molar-refractivity contribution >= 4 is 17.3 Å². The number of non-ortho nitro benzene ring substituents is 1. The fourth-order valence-corrected chi connectivity index (χ4v) is 2.40. The summed E-state index contributed by atoms with van der Waals surface area (Å²) < 4.78 is 5.32. The normalized spacial score (nSPS) is 11.0. The average Bonchev–Trinajstić information content (AvgIpc) is 2.55. The van der Waals surface area contributed by atoms with E-state index in [0.717, 1.165) is 11.3 Å². The molecule has 0 aliphatic rings. The van der Waals surface area contributed by atoms with Crippen molar-refractivity contribution in [2.45, 2.75) is 20.3 Å². The molecule has 6 nitrogen and oxygen atoms in total. The first kappa shape index (κ1) is 17.5. The molecule has 0 spiro atoms. The van der Waals surface area contributed by atoms with Gasteiger partial charge in [-0.05, 0) is 24.1 Å². The van der Waals surface area contributed by atoms with Gasteiger partial charge in [-0.25, -0.2) is 0 Å². The number of ether oxygens (including phenoxy) is 1. The summed E-state index contributed by atoms with van der Waals surface area (Å²) >= 11 is 0. The Morgan fingerprint density at radius 1 is 1.21 bits per heavy atom. The van der Waals surface area contributed by atoms with E-state index in [2.05, 4.69) is 5.32 Å². The standard InChI is InChI=1S/C18H20N2O4/c1-18(2,12-13-7-4-5-10-16(13)24-3)17(21)19-14-8-6-9-15(11-14)20(22)23/h4-11H,12H2,1-3H3,(H,19,21). The Morgan fingerprint density at radius 2 is 1.92 bits per heavy atom. The molecule has 24 heavy (non-hydrogen) atoms. The Morgan fingerprint density at radius 3 is 2.58 bits per heavy atom. The highest BCUT2D eigenvalue weighted by Gasteiger charge is 2.29. The number of methoxy groups -OCH3 is 1. The van der Waals surface area contributed by atoms with Crippen LogP contribution in [0.1, 0.15) is 19.4 Å². The van der Waals surface area contributed by atoms with Crippen LogP contribution in [0.2, 0.25) is 0 Å². The summed E-state index contributed by atoms with van der Waals surface area (Å²) in [6.45, 7) is 3.65. The van der Waals surface area contributed by atoms with E-state index in [-0.39, 0.29) is 11.6 Å². The van der Waals surface area contributed by atoms with Crippen LogP contribution in [-0.2, 0) is 11.2 Å². The van der Waals surface area contributed by atoms with Gasteiger partial charge < -0.3 is 10.1 Å². The minimum absolute atomic E-state index is 0.0599. The van der Waals surface area contributed by atoms with E-state index in [1.807, 2.05) is 38.1 Å². The third-order valence-corrected chi connectivity index (χ3v) is 3.75. The molecule has 0 unspecified atom stereocenters. The molecule has 0 aromatic heterocycles. The van der Waals surface area contributed by atoms with Crippen LogP contribution in [0.15, 0.2) is 48.5 Å². The highest BCUT2D eigenvalue weighted by Crippen LogP contribution is 2.29. The van der Waals surface area contributed by atoms with Crippen LogP contribution < -0.4 is 10.1 Å². The molecule has 0 aliphatic carbocycles. The molecule has 0 saturated heterocycles. The molecule has 2 rings (SSSR count). The quantitative estimate of drug-likeness (QED) is 0.646. The lowest BCUT2D eigenvalue weighted by atomic mass is 9.84. The highest BCUT2D eigenvalue weighted by atomic mass is 16.6. The van der Waals surface area contributed by atoms with Gasteiger partial charge in [-0.15, -0.1) is 0 Å². The van der Waals surface area contributed by atoms with E-state index < -0.39 is 10.3 Å². The number of hydrogen-bond donors (Lipinski definition) is 1. The number of nitro groups is 1. The number of nitro benzene ring substituents is 1. The van der Waals surface area contributed by atoms with Gasteiger partial charge in [0.15, 0.2) is 0 Å². The van der Waals surface area contributed by atoms with Gasteiger partial charge in [-0.3, -0.25) is 14.9 Å². The van der Waals surface area contributed by atoms with Crippen LogP contribution in [0.4, 0.5) is 11.4 Å². The second-order valence-electron chi connectivity index (χ2n) is 6.13. The first-order valence-corrected chi connectivity index (χ1v) is 7.51. The molecule has 0 aliphatic heterocycles. The predicted octanol–water partition coefficient (Wildman–Crippen LogP) is 3.81. The minimum atomic E-state index is -0.709. The molecule has 0 saturated carbocycles. The third kappa shape index (κ3) is 4.10. The molecule has 1 amide bonds. The molecule has 0 bridgehead atoms. The maximum atomic E-state index is 12.6. The Labute approximate surface area is 140 Å². The zero-order valence-corrected chi connectivity index (χ0v) is 13.9. The summed E-state index contributed by atoms with van der Waals surface area (Å²) in [5.74, 6) is 0.516. The smallest absolute Gasteiger partial charge is 0.271 e. The van der Waals surface area contributed by atoms with Crippen LogP contribution >= 0.6 is 0 Å². The Hall–Kier alpha value is -2.89. The first-order chi connectivity index (χ1) is 11.3. The number of amides is 1. The van der Waals surface area contributed by atoms with Crippen LogP contribution in [0.25, 0.3) is 0 Å². The Kier molecular flexibility index (Phi) is 5.18. The second kappa shape index (κ2) is 7.12. The van der Waals surface area contributed by atoms with Gasteiger partial charge in [-0.1, -0.05) is 38.1 Å². The van der Waals surface area contributed by atoms with Gasteiger partial charge in [0, 0.05) is 23.2 Å². The van der Waals surface area contributed by atoms with Gasteiger partial charge in [-0.2, -0.15) is 0 Å². The fraction of sp³-hybridized carbons (Fsp3) is 0.278. The van der Waals surface area contributed by atoms with Crippen LogP contribution in [0, 0.1) is 15.5 Å². The first-order valence-electron chi connectivity index (χ1n) is 7.51. The summed E-state index contributed by atoms with van der Waals surface area (Å²) in [7, 11) is 1.59. The SMILES string of the molecule is COc1ccccc1CC(C)(C)C(=O)Nc1cccc([N+](=O)[O-])c1. The average molecular weight is 328 g/mol. The number of hydrogen-bond acceptors (Lipinski definition) is 4. The van der Waals surface area contributed by atoms with Crippen LogP contribution in [0.3, 0.4) is 0 Å². The van der Waals surface area contributed by atoms with Crippen molar-refractivity contribution in [1.29, 1.82) is 0 Å². The molecule has 0 heterocycles. The molecule has 0 atom stereocenters. The summed E-state index contributed by atoms with van der Waals surface area (Å²) in [6, 6.07) is 13.4. The van der Waals surface area contributed by atoms with Gasteiger partial charge in [0.2, 0.25) is 5.91 Å². The van der Waals surface area contributed by atoms with Crippen molar-refractivity contribution in [3.05, 3.63) is 64.2 Å². The lowest BCUT2D eigenvalue weighted by molar-refractivity contribution is -0.384. The molecule has 126 valence electrons. The summed E-state index contributed by atoms with van der Waals surface area (Å²) in [5.41, 5.74) is 0.566. The Bertz CT molecular complexity index is 756. The molecule has 0 radical (unpaired) electrons. The topological polar surface area (TPSA) is 81.5 Å². The van der Waals surface area contributed by atoms with Crippen molar-refractivity contribution in [2.75, 3.05) is 12.4 Å². The van der Waals surface area contributed by atoms with Gasteiger partial charge in [0.05, 0.1) is 12.0 Å². The largest absolute Gasteiger partial charge is 0.496 e. The van der Waals surface area contributed by atoms with Crippen molar-refractivity contribution in [3.8, 4) is 5.75 Å². The second-order valence-corrected chi connectivity index (χ2v) is 6.13. The lowest BCUT2D eigenvalue weighted by Gasteiger charge is -2.24. The van der Waals surface area contributed by atoms with E-state index in [1.165, 1.54) is 12.1 Å². The number of benzene rings is 2. The molecule has 1 N–H and O–H groups in total. The number of carbonyl (C=O) groups excluding carboxylic acids is 1. The maximum Gasteiger partial charge on any atom is 0.271 e. The van der Waals surface area contributed by atoms with E-state index in [1.54, 1.807) is 19.2 Å². The molecular weight excluding hydrogens is 308 g/mol. The van der Waals surface area contributed by atoms with E-state index in [4.69, 9.17) is 4.74 Å². The van der Waals surface area contributed by atoms with Crippen molar-refractivity contribution in [2.24, 2.45) is 5.41 Å². The Balaban J connectivity index is 2.15. The zero-order chi connectivity index (χ0) is 17.7. The number of nitrogens with zero attached hydrogens (tertiary/aromatic N) is 1. The third-order valence-electron chi connectivity index (χ3n) is 3.75. The lowest BCUT2D eigenvalue weighted by Crippen LogP contribution is -2.32. The summed E-state index contributed by atoms with van der Waals surface area (Å²) in [6.07, 6.45) is 0.484. The summed E-state index contributed by atoms with van der Waals surface area (Å²) in [5, 5.41) is 13.6. The monoisotopic (exact) mass is 328 g/mol. The van der Waals surface area contributed by atoms with Crippen molar-refractivity contribution in [3.63, 3.8) is 0 Å². The van der Waals surface area contributed by atoms with Crippen molar-refractivity contribution < 1.29 is 14.5 Å². The summed E-state index contributed by atoms with van der Waals surface area (Å²) in [4.78, 5) is 22.9. The van der Waals surface area contributed by atoms with E-state index in [9.17, 15) is 14.9 Å². The van der Waals surface area contributed by atoms with Crippen molar-refractivity contribution in [1.82, 2.24) is 0 Å². The molecule has 6 heteroatoms. The van der Waals surface area contributed by atoms with Gasteiger partial charge >= 0.3 is 0 Å². The number of para-hydroxylation sites is 1. The number of rotatable bonds is 6. The van der Waals surface area contributed by atoms with E-state index in [0.29, 0.717) is 12.1 Å². The minimum Gasteiger partial charge on any atom is -0.496 e. The molecule has 2 aromatic rings. The van der Waals surface area contributed by atoms with Crippen LogP contribution in [0.5, 0.6) is 5.75 Å². The highest BCUT2D eigenvalue weighted by molar-refractivity contribution is 5.95. The van der Waals surface area contributed by atoms with Gasteiger partial charge in [0.25, 0.3) is 5.69 Å². The maximum absolute atomic E-state index is 12.6. The number of carbonyl (C=O) groups is 1. The van der Waals surface area contributed by atoms with E-state index >= 15 is 0 Å². The fourth-order valence-electron chi connectivity index (χ4n) is 2.40. The number of anilines is 1. The van der Waals surface area contributed by atoms with Gasteiger partial charge in [0.1, 0.15) is 5.75 Å². The van der Waals surface area contributed by atoms with Crippen LogP contribution in [-0.4, -0.2) is 17.9 Å². The number of nitrogens with one attached hydrogen (secondary N) is 1. The molecule has 0 fully saturated rings.